The molecule has 1 aliphatic rings. The number of carbonyl (C=O) groups is 1. The van der Waals surface area contributed by atoms with Gasteiger partial charge in [0.25, 0.3) is 0 Å². The summed E-state index contributed by atoms with van der Waals surface area (Å²) < 4.78 is 11.6. The summed E-state index contributed by atoms with van der Waals surface area (Å²) >= 11 is 3.43. The van der Waals surface area contributed by atoms with Gasteiger partial charge in [0.2, 0.25) is 5.91 Å². The van der Waals surface area contributed by atoms with Crippen LogP contribution in [0.25, 0.3) is 6.08 Å². The Hall–Kier alpha value is -2.15. The number of ether oxygens (including phenoxy) is 2. The number of morpholine rings is 1. The Labute approximate surface area is 168 Å². The lowest BCUT2D eigenvalue weighted by atomic mass is 10.1. The Morgan fingerprint density at radius 3 is 2.67 bits per heavy atom. The second-order valence-corrected chi connectivity index (χ2v) is 7.21. The van der Waals surface area contributed by atoms with Crippen molar-refractivity contribution in [2.24, 2.45) is 0 Å². The predicted octanol–water partition coefficient (Wildman–Crippen LogP) is 3.94. The second-order valence-electron chi connectivity index (χ2n) is 6.29. The highest BCUT2D eigenvalue weighted by molar-refractivity contribution is 9.10. The Morgan fingerprint density at radius 1 is 1.22 bits per heavy atom. The van der Waals surface area contributed by atoms with Gasteiger partial charge in [0, 0.05) is 41.4 Å². The highest BCUT2D eigenvalue weighted by Crippen LogP contribution is 2.24. The number of benzene rings is 2. The molecule has 0 bridgehead atoms. The largest absolute Gasteiger partial charge is 0.496 e. The molecule has 27 heavy (non-hydrogen) atoms. The van der Waals surface area contributed by atoms with Gasteiger partial charge in [-0.15, -0.1) is 0 Å². The van der Waals surface area contributed by atoms with Gasteiger partial charge < -0.3 is 14.8 Å². The molecule has 0 saturated carbocycles. The number of halogens is 1. The molecule has 1 N–H and O–H groups in total. The third-order valence-electron chi connectivity index (χ3n) is 4.34. The summed E-state index contributed by atoms with van der Waals surface area (Å²) in [5.41, 5.74) is 2.84. The normalized spacial score (nSPS) is 15.0. The lowest BCUT2D eigenvalue weighted by molar-refractivity contribution is -0.111. The Bertz CT molecular complexity index is 800. The number of anilines is 1. The van der Waals surface area contributed by atoms with Crippen molar-refractivity contribution in [3.05, 3.63) is 64.1 Å². The first kappa shape index (κ1) is 19.6. The molecule has 0 spiro atoms. The van der Waals surface area contributed by atoms with Crippen molar-refractivity contribution in [2.75, 3.05) is 38.7 Å². The molecule has 3 rings (SSSR count). The van der Waals surface area contributed by atoms with Gasteiger partial charge in [-0.3, -0.25) is 9.69 Å². The minimum Gasteiger partial charge on any atom is -0.496 e. The fourth-order valence-electron chi connectivity index (χ4n) is 2.90. The van der Waals surface area contributed by atoms with Crippen LogP contribution >= 0.6 is 15.9 Å². The van der Waals surface area contributed by atoms with Crippen molar-refractivity contribution < 1.29 is 14.3 Å². The maximum Gasteiger partial charge on any atom is 0.248 e. The summed E-state index contributed by atoms with van der Waals surface area (Å²) in [6, 6.07) is 13.6. The molecule has 0 unspecified atom stereocenters. The number of amides is 1. The average molecular weight is 431 g/mol. The molecule has 0 radical (unpaired) electrons. The van der Waals surface area contributed by atoms with Gasteiger partial charge in [0.05, 0.1) is 20.3 Å². The maximum absolute atomic E-state index is 12.2. The van der Waals surface area contributed by atoms with Crippen LogP contribution in [0.5, 0.6) is 5.75 Å². The van der Waals surface area contributed by atoms with Crippen molar-refractivity contribution in [1.29, 1.82) is 0 Å². The smallest absolute Gasteiger partial charge is 0.248 e. The summed E-state index contributed by atoms with van der Waals surface area (Å²) in [4.78, 5) is 14.6. The molecule has 1 aliphatic heterocycles. The second kappa shape index (κ2) is 9.69. The molecule has 0 atom stereocenters. The monoisotopic (exact) mass is 430 g/mol. The minimum atomic E-state index is -0.182. The Balaban J connectivity index is 1.57. The van der Waals surface area contributed by atoms with Gasteiger partial charge in [-0.05, 0) is 42.0 Å². The van der Waals surface area contributed by atoms with Gasteiger partial charge in [-0.1, -0.05) is 28.1 Å². The maximum atomic E-state index is 12.2. The van der Waals surface area contributed by atoms with E-state index in [4.69, 9.17) is 9.47 Å². The number of carbonyl (C=O) groups excluding carboxylic acids is 1. The quantitative estimate of drug-likeness (QED) is 0.705. The summed E-state index contributed by atoms with van der Waals surface area (Å²) in [7, 11) is 1.61. The van der Waals surface area contributed by atoms with Gasteiger partial charge in [-0.25, -0.2) is 0 Å². The average Bonchev–Trinajstić information content (AvgIpc) is 2.69. The van der Waals surface area contributed by atoms with Crippen LogP contribution in [0.2, 0.25) is 0 Å². The summed E-state index contributed by atoms with van der Waals surface area (Å²) in [5, 5.41) is 2.88. The molecule has 1 saturated heterocycles. The van der Waals surface area contributed by atoms with Gasteiger partial charge in [0.15, 0.2) is 0 Å². The van der Waals surface area contributed by atoms with E-state index in [0.29, 0.717) is 0 Å². The third-order valence-corrected chi connectivity index (χ3v) is 4.83. The van der Waals surface area contributed by atoms with Crippen LogP contribution in [0.4, 0.5) is 5.69 Å². The van der Waals surface area contributed by atoms with E-state index in [9.17, 15) is 4.79 Å². The minimum absolute atomic E-state index is 0.182. The first-order chi connectivity index (χ1) is 13.1. The number of hydrogen-bond donors (Lipinski definition) is 1. The van der Waals surface area contributed by atoms with E-state index in [0.717, 1.165) is 54.3 Å². The molecular formula is C21H23BrN2O3. The standard InChI is InChI=1S/C21H23BrN2O3/c1-26-20-8-5-18(22)14-17(20)4-9-21(25)23-19-6-2-16(3-7-19)15-24-10-12-27-13-11-24/h2-9,14H,10-13,15H2,1H3,(H,23,25). The fourth-order valence-corrected chi connectivity index (χ4v) is 3.27. The van der Waals surface area contributed by atoms with Gasteiger partial charge in [0.1, 0.15) is 5.75 Å². The van der Waals surface area contributed by atoms with Crippen LogP contribution in [-0.4, -0.2) is 44.2 Å². The van der Waals surface area contributed by atoms with Crippen molar-refractivity contribution in [3.8, 4) is 5.75 Å². The molecule has 0 aromatic heterocycles. The number of nitrogens with zero attached hydrogens (tertiary/aromatic N) is 1. The lowest BCUT2D eigenvalue weighted by Gasteiger charge is -2.26. The number of methoxy groups -OCH3 is 1. The molecule has 142 valence electrons. The van der Waals surface area contributed by atoms with E-state index in [-0.39, 0.29) is 5.91 Å². The highest BCUT2D eigenvalue weighted by Gasteiger charge is 2.10. The van der Waals surface area contributed by atoms with E-state index in [1.165, 1.54) is 11.6 Å². The van der Waals surface area contributed by atoms with E-state index < -0.39 is 0 Å². The number of hydrogen-bond acceptors (Lipinski definition) is 4. The number of rotatable bonds is 6. The van der Waals surface area contributed by atoms with Crippen LogP contribution in [0.15, 0.2) is 53.0 Å². The van der Waals surface area contributed by atoms with Crippen LogP contribution < -0.4 is 10.1 Å². The van der Waals surface area contributed by atoms with Crippen LogP contribution in [0.3, 0.4) is 0 Å². The molecule has 6 heteroatoms. The lowest BCUT2D eigenvalue weighted by Crippen LogP contribution is -2.35. The molecule has 2 aromatic carbocycles. The molecule has 2 aromatic rings. The van der Waals surface area contributed by atoms with Crippen LogP contribution in [-0.2, 0) is 16.1 Å². The zero-order valence-electron chi connectivity index (χ0n) is 15.3. The molecule has 5 nitrogen and oxygen atoms in total. The molecule has 1 heterocycles. The van der Waals surface area contributed by atoms with E-state index >= 15 is 0 Å². The topological polar surface area (TPSA) is 50.8 Å². The summed E-state index contributed by atoms with van der Waals surface area (Å²) in [5.74, 6) is 0.535. The van der Waals surface area contributed by atoms with Crippen LogP contribution in [0, 0.1) is 0 Å². The Kier molecular flexibility index (Phi) is 7.04. The SMILES string of the molecule is COc1ccc(Br)cc1C=CC(=O)Nc1ccc(CN2CCOCC2)cc1. The van der Waals surface area contributed by atoms with Crippen molar-refractivity contribution in [1.82, 2.24) is 4.90 Å². The number of nitrogens with one attached hydrogen (secondary N) is 1. The molecular weight excluding hydrogens is 408 g/mol. The molecule has 1 fully saturated rings. The molecule has 1 amide bonds. The summed E-state index contributed by atoms with van der Waals surface area (Å²) in [6.45, 7) is 4.41. The van der Waals surface area contributed by atoms with Gasteiger partial charge in [-0.2, -0.15) is 0 Å². The van der Waals surface area contributed by atoms with Crippen molar-refractivity contribution in [3.63, 3.8) is 0 Å². The van der Waals surface area contributed by atoms with E-state index in [2.05, 4.69) is 26.1 Å². The Morgan fingerprint density at radius 2 is 1.96 bits per heavy atom. The predicted molar refractivity (Wildman–Crippen MR) is 111 cm³/mol. The highest BCUT2D eigenvalue weighted by atomic mass is 79.9. The van der Waals surface area contributed by atoms with Crippen LogP contribution in [0.1, 0.15) is 11.1 Å². The third kappa shape index (κ3) is 5.92. The fraction of sp³-hybridized carbons (Fsp3) is 0.286. The first-order valence-electron chi connectivity index (χ1n) is 8.86. The zero-order valence-corrected chi connectivity index (χ0v) is 16.9. The van der Waals surface area contributed by atoms with Gasteiger partial charge >= 0.3 is 0 Å². The van der Waals surface area contributed by atoms with Crippen molar-refractivity contribution >= 4 is 33.6 Å². The van der Waals surface area contributed by atoms with E-state index in [1.807, 2.05) is 42.5 Å². The van der Waals surface area contributed by atoms with Crippen molar-refractivity contribution in [2.45, 2.75) is 6.54 Å². The summed E-state index contributed by atoms with van der Waals surface area (Å²) in [6.07, 6.45) is 3.25. The zero-order chi connectivity index (χ0) is 19.1. The first-order valence-corrected chi connectivity index (χ1v) is 9.65. The van der Waals surface area contributed by atoms with E-state index in [1.54, 1.807) is 13.2 Å². The molecule has 0 aliphatic carbocycles.